The largest absolute Gasteiger partial charge is 0.462 e. The van der Waals surface area contributed by atoms with Crippen molar-refractivity contribution >= 4 is 55.2 Å². The minimum atomic E-state index is -0.103. The Bertz CT molecular complexity index is 1470. The first kappa shape index (κ1) is 37.7. The third kappa shape index (κ3) is 9.06. The molecule has 2 atom stereocenters. The summed E-state index contributed by atoms with van der Waals surface area (Å²) in [6.07, 6.45) is 5.52. The van der Waals surface area contributed by atoms with Gasteiger partial charge in [0, 0.05) is 35.8 Å². The number of ether oxygens (including phenoxy) is 1. The first-order valence-corrected chi connectivity index (χ1v) is 15.3. The number of hydrogen-bond donors (Lipinski definition) is 1. The fourth-order valence-corrected chi connectivity index (χ4v) is 6.06. The summed E-state index contributed by atoms with van der Waals surface area (Å²) < 4.78 is 5.99. The highest BCUT2D eigenvalue weighted by molar-refractivity contribution is 7.59. The fraction of sp³-hybridized carbons (Fsp3) is 0.471. The zero-order valence-corrected chi connectivity index (χ0v) is 29.1. The van der Waals surface area contributed by atoms with Crippen molar-refractivity contribution in [3.05, 3.63) is 77.3 Å². The molecule has 0 radical (unpaired) electrons. The minimum Gasteiger partial charge on any atom is -0.462 e. The van der Waals surface area contributed by atoms with Crippen molar-refractivity contribution in [2.45, 2.75) is 65.1 Å². The molecular weight excluding hydrogens is 603 g/mol. The maximum absolute atomic E-state index is 11.2. The predicted octanol–water partition coefficient (Wildman–Crippen LogP) is 5.36. The molecule has 1 amide bonds. The number of rotatable bonds is 9. The van der Waals surface area contributed by atoms with E-state index in [-0.39, 0.29) is 38.9 Å². The van der Waals surface area contributed by atoms with Crippen molar-refractivity contribution in [2.24, 2.45) is 0 Å². The predicted molar refractivity (Wildman–Crippen MR) is 195 cm³/mol. The molecule has 2 N–H and O–H groups in total. The molecule has 1 aromatic heterocycles. The van der Waals surface area contributed by atoms with Crippen molar-refractivity contribution in [1.82, 2.24) is 19.8 Å². The van der Waals surface area contributed by atoms with Gasteiger partial charge in [-0.25, -0.2) is 6.57 Å². The van der Waals surface area contributed by atoms with Crippen molar-refractivity contribution in [3.63, 3.8) is 0 Å². The molecule has 3 aromatic rings. The highest BCUT2D eigenvalue weighted by Crippen LogP contribution is 2.34. The first-order valence-electron chi connectivity index (χ1n) is 15.3. The summed E-state index contributed by atoms with van der Waals surface area (Å²) >= 11 is 0. The van der Waals surface area contributed by atoms with Crippen LogP contribution in [0, 0.1) is 6.57 Å². The number of carbonyl (C=O) groups excluding carboxylic acids is 1. The van der Waals surface area contributed by atoms with E-state index in [1.54, 1.807) is 4.90 Å². The number of hydrogen-bond acceptors (Lipinski definition) is 7. The van der Waals surface area contributed by atoms with Gasteiger partial charge in [-0.15, -0.1) is 0 Å². The zero-order valence-electron chi connectivity index (χ0n) is 27.1. The zero-order chi connectivity index (χ0) is 30.9. The number of likely N-dealkylation sites (tertiary alicyclic amines) is 1. The molecule has 0 bridgehead atoms. The summed E-state index contributed by atoms with van der Waals surface area (Å²) in [4.78, 5) is 30.0. The van der Waals surface area contributed by atoms with Gasteiger partial charge in [-0.3, -0.25) is 4.79 Å². The van der Waals surface area contributed by atoms with Gasteiger partial charge in [0.1, 0.15) is 18.5 Å². The molecule has 0 spiro atoms. The Morgan fingerprint density at radius 1 is 1.22 bits per heavy atom. The molecule has 2 aromatic carbocycles. The summed E-state index contributed by atoms with van der Waals surface area (Å²) in [5.41, 5.74) is 11.0. The van der Waals surface area contributed by atoms with E-state index < -0.39 is 0 Å². The van der Waals surface area contributed by atoms with Crippen molar-refractivity contribution in [3.8, 4) is 6.01 Å². The van der Waals surface area contributed by atoms with Gasteiger partial charge in [-0.2, -0.15) is 37.0 Å². The number of amides is 1. The van der Waals surface area contributed by atoms with Gasteiger partial charge in [0.2, 0.25) is 12.5 Å². The summed E-state index contributed by atoms with van der Waals surface area (Å²) in [7, 11) is 2.15. The van der Waals surface area contributed by atoms with Crippen LogP contribution in [-0.4, -0.2) is 77.6 Å². The van der Waals surface area contributed by atoms with E-state index in [0.29, 0.717) is 37.6 Å². The number of anilines is 2. The van der Waals surface area contributed by atoms with E-state index in [9.17, 15) is 4.79 Å². The molecular formula is C34H49N7O2S2. The number of nitrogen functional groups attached to an aromatic ring is 1. The maximum atomic E-state index is 11.2. The van der Waals surface area contributed by atoms with Crippen LogP contribution in [-0.2, 0) is 24.2 Å². The molecule has 3 heterocycles. The lowest BCUT2D eigenvalue weighted by Gasteiger charge is -2.32. The van der Waals surface area contributed by atoms with Crippen molar-refractivity contribution < 1.29 is 9.53 Å². The number of benzene rings is 2. The summed E-state index contributed by atoms with van der Waals surface area (Å²) in [6, 6.07) is 14.0. The van der Waals surface area contributed by atoms with Gasteiger partial charge in [0.15, 0.2) is 0 Å². The molecule has 11 heteroatoms. The Hall–Kier alpha value is -3.46. The monoisotopic (exact) mass is 651 g/mol. The van der Waals surface area contributed by atoms with Gasteiger partial charge in [0.25, 0.3) is 0 Å². The smallest absolute Gasteiger partial charge is 0.318 e. The normalized spacial score (nSPS) is 16.2. The number of likely N-dealkylation sites (N-methyl/N-ethyl adjacent to an activating group) is 2. The molecule has 0 aliphatic carbocycles. The highest BCUT2D eigenvalue weighted by Gasteiger charge is 2.25. The lowest BCUT2D eigenvalue weighted by atomic mass is 9.98. The lowest BCUT2D eigenvalue weighted by Crippen LogP contribution is -2.38. The molecule has 244 valence electrons. The van der Waals surface area contributed by atoms with Crippen LogP contribution in [0.2, 0.25) is 0 Å². The third-order valence-corrected chi connectivity index (χ3v) is 8.53. The van der Waals surface area contributed by atoms with Crippen LogP contribution in [0.4, 0.5) is 11.5 Å². The van der Waals surface area contributed by atoms with E-state index in [1.165, 1.54) is 34.5 Å². The van der Waals surface area contributed by atoms with Crippen LogP contribution in [0.5, 0.6) is 6.01 Å². The van der Waals surface area contributed by atoms with E-state index in [0.717, 1.165) is 50.2 Å². The number of carbonyl (C=O) groups is 1. The SMILES string of the molecule is CCc1cccc2cccc(N3CCc4c(N)nc(OC[C@@H]5CCCN5C)nc4C3)c12.S.S.[C-]#[N+]C[C@@H](C)N(CC)C(=O)C=C. The van der Waals surface area contributed by atoms with Crippen LogP contribution in [0.3, 0.4) is 0 Å². The van der Waals surface area contributed by atoms with Gasteiger partial charge >= 0.3 is 6.01 Å². The van der Waals surface area contributed by atoms with Crippen molar-refractivity contribution in [1.29, 1.82) is 0 Å². The second kappa shape index (κ2) is 17.9. The molecule has 1 fully saturated rings. The Kier molecular flexibility index (Phi) is 15.0. The number of aromatic nitrogens is 2. The number of nitrogens with zero attached hydrogens (tertiary/aromatic N) is 6. The first-order chi connectivity index (χ1) is 20.8. The second-order valence-corrected chi connectivity index (χ2v) is 11.2. The number of nitrogens with two attached hydrogens (primary N) is 1. The van der Waals surface area contributed by atoms with Gasteiger partial charge in [-0.05, 0) is 76.2 Å². The summed E-state index contributed by atoms with van der Waals surface area (Å²) in [5.74, 6) is 0.459. The standard InChI is InChI=1S/C25H31N5O.C9H14N2O.2H2S/c1-3-17-7-4-8-18-9-5-11-22(23(17)18)30-14-12-20-21(15-30)27-25(28-24(20)26)31-16-19-10-6-13-29(19)2;1-5-9(12)11(6-2)8(3)7-10-4;;/h4-5,7-9,11,19H,3,6,10,12-16H2,1-2H3,(H2,26,27,28);5,8H,1,6-7H2,2-3H3;2*1H2/t19-;8-;;/m01../s1. The van der Waals surface area contributed by atoms with E-state index in [2.05, 4.69) is 76.6 Å². The Morgan fingerprint density at radius 3 is 2.58 bits per heavy atom. The van der Waals surface area contributed by atoms with Gasteiger partial charge < -0.3 is 30.0 Å². The van der Waals surface area contributed by atoms with Crippen LogP contribution >= 0.6 is 27.0 Å². The molecule has 2 aliphatic heterocycles. The third-order valence-electron chi connectivity index (χ3n) is 8.53. The van der Waals surface area contributed by atoms with Crippen LogP contribution < -0.4 is 15.4 Å². The quantitative estimate of drug-likeness (QED) is 0.246. The Labute approximate surface area is 282 Å². The number of fused-ring (bicyclic) bond motifs is 2. The second-order valence-electron chi connectivity index (χ2n) is 11.2. The number of aryl methyl sites for hydroxylation is 1. The van der Waals surface area contributed by atoms with Crippen molar-refractivity contribution in [2.75, 3.05) is 50.5 Å². The van der Waals surface area contributed by atoms with E-state index >= 15 is 0 Å². The lowest BCUT2D eigenvalue weighted by molar-refractivity contribution is -0.127. The topological polar surface area (TPSA) is 92.2 Å². The average Bonchev–Trinajstić information content (AvgIpc) is 3.44. The maximum Gasteiger partial charge on any atom is 0.318 e. The van der Waals surface area contributed by atoms with Crippen LogP contribution in [0.15, 0.2) is 49.1 Å². The molecule has 0 saturated carbocycles. The molecule has 0 unspecified atom stereocenters. The Morgan fingerprint density at radius 2 is 1.96 bits per heavy atom. The fourth-order valence-electron chi connectivity index (χ4n) is 6.06. The highest BCUT2D eigenvalue weighted by atomic mass is 32.1. The molecule has 45 heavy (non-hydrogen) atoms. The Balaban J connectivity index is 0.000000434. The molecule has 9 nitrogen and oxygen atoms in total. The molecule has 2 aliphatic rings. The van der Waals surface area contributed by atoms with Crippen LogP contribution in [0.1, 0.15) is 50.4 Å². The van der Waals surface area contributed by atoms with Gasteiger partial charge in [0.05, 0.1) is 12.2 Å². The molecule has 1 saturated heterocycles. The average molecular weight is 652 g/mol. The van der Waals surface area contributed by atoms with Gasteiger partial charge in [-0.1, -0.05) is 43.8 Å². The minimum absolute atomic E-state index is 0. The molecule has 5 rings (SSSR count). The van der Waals surface area contributed by atoms with E-state index in [1.807, 2.05) is 13.8 Å². The summed E-state index contributed by atoms with van der Waals surface area (Å²) in [6.45, 7) is 20.4. The van der Waals surface area contributed by atoms with E-state index in [4.69, 9.17) is 22.0 Å². The van der Waals surface area contributed by atoms with Crippen LogP contribution in [0.25, 0.3) is 15.6 Å². The summed E-state index contributed by atoms with van der Waals surface area (Å²) in [5, 5.41) is 2.63.